The molecule has 0 aliphatic rings. The number of nitrogens with zero attached hydrogens (tertiary/aromatic N) is 2. The first-order valence-corrected chi connectivity index (χ1v) is 3.93. The summed E-state index contributed by atoms with van der Waals surface area (Å²) in [6, 6.07) is 0. The molecule has 0 aliphatic carbocycles. The van der Waals surface area contributed by atoms with Crippen LogP contribution in [0.5, 0.6) is 5.88 Å². The largest absolute Gasteiger partial charge is 0.493 e. The van der Waals surface area contributed by atoms with E-state index >= 15 is 0 Å². The second-order valence-electron chi connectivity index (χ2n) is 2.55. The van der Waals surface area contributed by atoms with Gasteiger partial charge in [-0.25, -0.2) is 4.98 Å². The van der Waals surface area contributed by atoms with Gasteiger partial charge in [-0.2, -0.15) is 4.98 Å². The third-order valence-electron chi connectivity index (χ3n) is 1.55. The summed E-state index contributed by atoms with van der Waals surface area (Å²) in [4.78, 5) is 7.40. The van der Waals surface area contributed by atoms with Crippen LogP contribution in [0.4, 0.5) is 5.82 Å². The summed E-state index contributed by atoms with van der Waals surface area (Å²) >= 11 is 0. The summed E-state index contributed by atoms with van der Waals surface area (Å²) in [7, 11) is 0. The molecule has 0 unspecified atom stereocenters. The van der Waals surface area contributed by atoms with Crippen LogP contribution in [-0.4, -0.2) is 21.6 Å². The lowest BCUT2D eigenvalue weighted by Crippen LogP contribution is -2.04. The molecule has 1 heterocycles. The van der Waals surface area contributed by atoms with Crippen molar-refractivity contribution >= 4 is 5.82 Å². The van der Waals surface area contributed by atoms with E-state index in [1.165, 1.54) is 0 Å². The third-order valence-corrected chi connectivity index (χ3v) is 1.55. The Morgan fingerprint density at radius 1 is 1.50 bits per heavy atom. The summed E-state index contributed by atoms with van der Waals surface area (Å²) in [5, 5.41) is 12.2. The average Bonchev–Trinajstić information content (AvgIpc) is 2.08. The second kappa shape index (κ2) is 3.90. The van der Waals surface area contributed by atoms with Crippen LogP contribution in [0.3, 0.4) is 0 Å². The molecule has 0 spiro atoms. The van der Waals surface area contributed by atoms with Gasteiger partial charge >= 0.3 is 0 Å². The number of aromatic hydroxyl groups is 1. The molecule has 4 nitrogen and oxygen atoms in total. The summed E-state index contributed by atoms with van der Waals surface area (Å²) in [6.45, 7) is 4.67. The van der Waals surface area contributed by atoms with E-state index in [2.05, 4.69) is 28.5 Å². The number of hydrogen-bond acceptors (Lipinski definition) is 4. The van der Waals surface area contributed by atoms with E-state index in [0.717, 1.165) is 13.0 Å². The van der Waals surface area contributed by atoms with Gasteiger partial charge in [0.1, 0.15) is 5.82 Å². The topological polar surface area (TPSA) is 58.0 Å². The summed E-state index contributed by atoms with van der Waals surface area (Å²) in [6.07, 6.45) is 3.38. The van der Waals surface area contributed by atoms with Crippen molar-refractivity contribution in [1.82, 2.24) is 9.97 Å². The average molecular weight is 166 g/mol. The molecule has 1 aromatic heterocycles. The number of anilines is 1. The molecule has 0 aromatic carbocycles. The van der Waals surface area contributed by atoms with Crippen molar-refractivity contribution in [2.75, 3.05) is 11.9 Å². The van der Waals surface area contributed by atoms with Crippen LogP contribution in [-0.2, 0) is 0 Å². The van der Waals surface area contributed by atoms with Crippen LogP contribution >= 0.6 is 0 Å². The van der Waals surface area contributed by atoms with Crippen molar-refractivity contribution < 1.29 is 5.11 Å². The van der Waals surface area contributed by atoms with Crippen molar-refractivity contribution in [2.45, 2.75) is 20.3 Å². The maximum atomic E-state index is 9.18. The summed E-state index contributed by atoms with van der Waals surface area (Å²) in [5.74, 6) is 0.646. The van der Waals surface area contributed by atoms with Gasteiger partial charge in [0, 0.05) is 6.54 Å². The molecule has 0 saturated carbocycles. The molecule has 1 radical (unpaired) electrons. The monoisotopic (exact) mass is 166 g/mol. The van der Waals surface area contributed by atoms with Gasteiger partial charge in [-0.1, -0.05) is 6.92 Å². The zero-order valence-electron chi connectivity index (χ0n) is 7.26. The van der Waals surface area contributed by atoms with E-state index in [9.17, 15) is 5.11 Å². The number of hydrogen-bond donors (Lipinski definition) is 2. The van der Waals surface area contributed by atoms with Gasteiger partial charge in [0.25, 0.3) is 0 Å². The molecule has 65 valence electrons. The fraction of sp³-hybridized carbons (Fsp3) is 0.500. The van der Waals surface area contributed by atoms with Gasteiger partial charge in [0.15, 0.2) is 0 Å². The normalized spacial score (nSPS) is 9.83. The first-order chi connectivity index (χ1) is 5.75. The quantitative estimate of drug-likeness (QED) is 0.706. The maximum absolute atomic E-state index is 9.18. The molecule has 0 fully saturated rings. The van der Waals surface area contributed by atoms with Crippen LogP contribution in [0.1, 0.15) is 18.9 Å². The molecule has 0 amide bonds. The lowest BCUT2D eigenvalue weighted by atomic mass is 10.3. The van der Waals surface area contributed by atoms with Gasteiger partial charge in [-0.3, -0.25) is 0 Å². The van der Waals surface area contributed by atoms with Gasteiger partial charge in [-0.05, 0) is 13.3 Å². The minimum absolute atomic E-state index is 0.0106. The number of rotatable bonds is 3. The Kier molecular flexibility index (Phi) is 2.85. The van der Waals surface area contributed by atoms with E-state index in [4.69, 9.17) is 0 Å². The van der Waals surface area contributed by atoms with E-state index in [-0.39, 0.29) is 5.88 Å². The zero-order chi connectivity index (χ0) is 8.97. The Bertz CT molecular complexity index is 262. The second-order valence-corrected chi connectivity index (χ2v) is 2.55. The highest BCUT2D eigenvalue weighted by atomic mass is 16.3. The molecule has 1 rings (SSSR count). The Labute approximate surface area is 71.7 Å². The minimum Gasteiger partial charge on any atom is -0.493 e. The van der Waals surface area contributed by atoms with E-state index < -0.39 is 0 Å². The third kappa shape index (κ3) is 1.84. The molecule has 0 aliphatic heterocycles. The molecule has 1 aromatic rings. The van der Waals surface area contributed by atoms with Gasteiger partial charge in [-0.15, -0.1) is 0 Å². The van der Waals surface area contributed by atoms with Crippen molar-refractivity contribution in [1.29, 1.82) is 0 Å². The fourth-order valence-electron chi connectivity index (χ4n) is 0.811. The minimum atomic E-state index is -0.0106. The van der Waals surface area contributed by atoms with Gasteiger partial charge < -0.3 is 10.4 Å². The molecule has 0 saturated heterocycles. The van der Waals surface area contributed by atoms with Crippen LogP contribution < -0.4 is 5.32 Å². The fourth-order valence-corrected chi connectivity index (χ4v) is 0.811. The SMILES string of the molecule is CCCNc1n[c]nc(O)c1C. The molecule has 0 atom stereocenters. The Hall–Kier alpha value is -1.32. The lowest BCUT2D eigenvalue weighted by molar-refractivity contribution is 0.447. The van der Waals surface area contributed by atoms with Gasteiger partial charge in [0.05, 0.1) is 5.56 Å². The van der Waals surface area contributed by atoms with Crippen LogP contribution in [0.25, 0.3) is 0 Å². The zero-order valence-corrected chi connectivity index (χ0v) is 7.26. The van der Waals surface area contributed by atoms with Crippen LogP contribution in [0.15, 0.2) is 0 Å². The first-order valence-electron chi connectivity index (χ1n) is 3.93. The predicted octanol–water partition coefficient (Wildman–Crippen LogP) is 1.11. The van der Waals surface area contributed by atoms with Crippen molar-refractivity contribution in [3.8, 4) is 5.88 Å². The predicted molar refractivity (Wildman–Crippen MR) is 46.1 cm³/mol. The van der Waals surface area contributed by atoms with Crippen molar-refractivity contribution in [3.63, 3.8) is 0 Å². The Morgan fingerprint density at radius 2 is 2.25 bits per heavy atom. The highest BCUT2D eigenvalue weighted by Gasteiger charge is 2.03. The molecular formula is C8H12N3O. The number of aromatic nitrogens is 2. The van der Waals surface area contributed by atoms with Gasteiger partial charge in [0.2, 0.25) is 12.2 Å². The molecule has 0 bridgehead atoms. The first kappa shape index (κ1) is 8.77. The highest BCUT2D eigenvalue weighted by Crippen LogP contribution is 2.17. The summed E-state index contributed by atoms with van der Waals surface area (Å²) in [5.41, 5.74) is 0.669. The van der Waals surface area contributed by atoms with Crippen LogP contribution in [0.2, 0.25) is 0 Å². The standard InChI is InChI=1S/C8H12N3O/c1-3-4-9-7-6(2)8(12)11-5-10-7/h3-4H2,1-2H3,(H2,9,10,11,12). The van der Waals surface area contributed by atoms with E-state index in [1.54, 1.807) is 6.92 Å². The Morgan fingerprint density at radius 3 is 2.92 bits per heavy atom. The maximum Gasteiger partial charge on any atom is 0.219 e. The highest BCUT2D eigenvalue weighted by molar-refractivity contribution is 5.46. The van der Waals surface area contributed by atoms with Crippen molar-refractivity contribution in [3.05, 3.63) is 11.9 Å². The number of nitrogens with one attached hydrogen (secondary N) is 1. The summed E-state index contributed by atoms with van der Waals surface area (Å²) < 4.78 is 0. The molecule has 2 N–H and O–H groups in total. The molecule has 12 heavy (non-hydrogen) atoms. The van der Waals surface area contributed by atoms with Crippen molar-refractivity contribution in [2.24, 2.45) is 0 Å². The molecular weight excluding hydrogens is 154 g/mol. The van der Waals surface area contributed by atoms with E-state index in [0.29, 0.717) is 11.4 Å². The van der Waals surface area contributed by atoms with Crippen LogP contribution in [0, 0.1) is 13.3 Å². The Balaban J connectivity index is 2.78. The molecule has 4 heteroatoms. The van der Waals surface area contributed by atoms with E-state index in [1.807, 2.05) is 0 Å². The smallest absolute Gasteiger partial charge is 0.219 e. The lowest BCUT2D eigenvalue weighted by Gasteiger charge is -2.06.